The molecule has 41 heavy (non-hydrogen) atoms. The maximum atomic E-state index is 13.0. The van der Waals surface area contributed by atoms with Crippen LogP contribution in [0.15, 0.2) is 76.2 Å². The molecule has 2 aromatic carbocycles. The summed E-state index contributed by atoms with van der Waals surface area (Å²) >= 11 is 7.68. The Morgan fingerprint density at radius 3 is 2.56 bits per heavy atom. The second-order valence-corrected chi connectivity index (χ2v) is 10.3. The molecule has 0 saturated heterocycles. The van der Waals surface area contributed by atoms with Crippen molar-refractivity contribution in [1.82, 2.24) is 20.1 Å². The molecular formula is C28H22ClF3N4O4S. The molecule has 0 fully saturated rings. The number of benzene rings is 2. The van der Waals surface area contributed by atoms with Crippen molar-refractivity contribution in [1.29, 1.82) is 0 Å². The highest BCUT2D eigenvalue weighted by atomic mass is 35.5. The third-order valence-corrected chi connectivity index (χ3v) is 7.33. The van der Waals surface area contributed by atoms with E-state index < -0.39 is 17.6 Å². The van der Waals surface area contributed by atoms with Crippen LogP contribution in [0.2, 0.25) is 5.02 Å². The number of hydrogen-bond acceptors (Lipinski definition) is 8. The minimum absolute atomic E-state index is 0.155. The van der Waals surface area contributed by atoms with Crippen LogP contribution in [0.25, 0.3) is 22.0 Å². The number of ether oxygens (including phenoxy) is 2. The summed E-state index contributed by atoms with van der Waals surface area (Å²) in [7, 11) is 0. The molecule has 212 valence electrons. The van der Waals surface area contributed by atoms with Crippen molar-refractivity contribution in [2.24, 2.45) is 0 Å². The SMILES string of the molecule is O=c1[nH]c(-c2ccc(OCc3sc(-c4ccc(C(F)(F)F)nc4)nc3CCCOCc3ccccc3)cc2Cl)no1. The lowest BCUT2D eigenvalue weighted by Gasteiger charge is -2.08. The number of aromatic amines is 1. The average molecular weight is 603 g/mol. The molecule has 13 heteroatoms. The third kappa shape index (κ3) is 7.40. The molecule has 0 atom stereocenters. The van der Waals surface area contributed by atoms with Gasteiger partial charge in [-0.1, -0.05) is 47.1 Å². The van der Waals surface area contributed by atoms with E-state index in [1.165, 1.54) is 23.6 Å². The van der Waals surface area contributed by atoms with Gasteiger partial charge in [0.25, 0.3) is 0 Å². The Hall–Kier alpha value is -4.00. The third-order valence-electron chi connectivity index (χ3n) is 5.90. The molecule has 3 aromatic heterocycles. The number of aryl methyl sites for hydroxylation is 1. The molecule has 0 aliphatic heterocycles. The average Bonchev–Trinajstić information content (AvgIpc) is 3.58. The van der Waals surface area contributed by atoms with Gasteiger partial charge in [-0.2, -0.15) is 13.2 Å². The van der Waals surface area contributed by atoms with Crippen LogP contribution in [-0.2, 0) is 30.5 Å². The van der Waals surface area contributed by atoms with Gasteiger partial charge in [0, 0.05) is 23.9 Å². The minimum Gasteiger partial charge on any atom is -0.488 e. The largest absolute Gasteiger partial charge is 0.488 e. The number of aromatic nitrogens is 4. The fraction of sp³-hybridized carbons (Fsp3) is 0.214. The lowest BCUT2D eigenvalue weighted by atomic mass is 10.2. The number of thiazole rings is 1. The normalized spacial score (nSPS) is 11.6. The van der Waals surface area contributed by atoms with Crippen LogP contribution >= 0.6 is 22.9 Å². The molecule has 8 nitrogen and oxygen atoms in total. The first kappa shape index (κ1) is 28.5. The van der Waals surface area contributed by atoms with Gasteiger partial charge in [-0.15, -0.1) is 11.3 Å². The number of hydrogen-bond donors (Lipinski definition) is 1. The first-order chi connectivity index (χ1) is 19.8. The molecule has 5 rings (SSSR count). The second-order valence-electron chi connectivity index (χ2n) is 8.83. The Balaban J connectivity index is 1.29. The maximum Gasteiger partial charge on any atom is 0.439 e. The van der Waals surface area contributed by atoms with Crippen molar-refractivity contribution < 1.29 is 27.2 Å². The topological polar surface area (TPSA) is 103 Å². The summed E-state index contributed by atoms with van der Waals surface area (Å²) in [6.07, 6.45) is -2.08. The van der Waals surface area contributed by atoms with E-state index in [1.54, 1.807) is 18.2 Å². The van der Waals surface area contributed by atoms with Gasteiger partial charge < -0.3 is 9.47 Å². The molecule has 1 N–H and O–H groups in total. The van der Waals surface area contributed by atoms with Crippen molar-refractivity contribution >= 4 is 22.9 Å². The zero-order chi connectivity index (χ0) is 28.8. The summed E-state index contributed by atoms with van der Waals surface area (Å²) in [5, 5.41) is 4.47. The fourth-order valence-corrected chi connectivity index (χ4v) is 5.15. The summed E-state index contributed by atoms with van der Waals surface area (Å²) in [5.41, 5.74) is 1.82. The summed E-state index contributed by atoms with van der Waals surface area (Å²) < 4.78 is 55.2. The maximum absolute atomic E-state index is 13.0. The lowest BCUT2D eigenvalue weighted by molar-refractivity contribution is -0.141. The molecular weight excluding hydrogens is 581 g/mol. The molecule has 5 aromatic rings. The molecule has 0 aliphatic carbocycles. The summed E-state index contributed by atoms with van der Waals surface area (Å²) in [6.45, 7) is 1.16. The van der Waals surface area contributed by atoms with E-state index in [2.05, 4.69) is 19.6 Å². The fourth-order valence-electron chi connectivity index (χ4n) is 3.88. The Morgan fingerprint density at radius 1 is 1.05 bits per heavy atom. The number of nitrogens with one attached hydrogen (secondary N) is 1. The van der Waals surface area contributed by atoms with Gasteiger partial charge in [0.15, 0.2) is 5.82 Å². The van der Waals surface area contributed by atoms with Gasteiger partial charge in [0.05, 0.1) is 22.2 Å². The highest BCUT2D eigenvalue weighted by Crippen LogP contribution is 2.33. The minimum atomic E-state index is -4.52. The van der Waals surface area contributed by atoms with Crippen molar-refractivity contribution in [3.8, 4) is 27.7 Å². The van der Waals surface area contributed by atoms with Crippen molar-refractivity contribution in [2.45, 2.75) is 32.2 Å². The number of halogens is 4. The number of H-pyrrole nitrogens is 1. The predicted molar refractivity (Wildman–Crippen MR) is 147 cm³/mol. The van der Waals surface area contributed by atoms with Crippen LogP contribution in [0.3, 0.4) is 0 Å². The van der Waals surface area contributed by atoms with Crippen LogP contribution in [0.5, 0.6) is 5.75 Å². The first-order valence-electron chi connectivity index (χ1n) is 12.4. The lowest BCUT2D eigenvalue weighted by Crippen LogP contribution is -2.07. The van der Waals surface area contributed by atoms with E-state index >= 15 is 0 Å². The number of rotatable bonds is 11. The van der Waals surface area contributed by atoms with E-state index in [0.29, 0.717) is 53.0 Å². The predicted octanol–water partition coefficient (Wildman–Crippen LogP) is 6.95. The van der Waals surface area contributed by atoms with Crippen molar-refractivity contribution in [3.05, 3.63) is 104 Å². The van der Waals surface area contributed by atoms with E-state index in [0.717, 1.165) is 22.2 Å². The van der Waals surface area contributed by atoms with Gasteiger partial charge in [-0.05, 0) is 48.7 Å². The number of pyridine rings is 1. The molecule has 0 radical (unpaired) electrons. The van der Waals surface area contributed by atoms with Crippen molar-refractivity contribution in [3.63, 3.8) is 0 Å². The van der Waals surface area contributed by atoms with Crippen LogP contribution < -0.4 is 10.5 Å². The van der Waals surface area contributed by atoms with Crippen molar-refractivity contribution in [2.75, 3.05) is 6.61 Å². The van der Waals surface area contributed by atoms with Crippen LogP contribution in [0, 0.1) is 0 Å². The quantitative estimate of drug-likeness (QED) is 0.163. The molecule has 0 unspecified atom stereocenters. The van der Waals surface area contributed by atoms with Crippen LogP contribution in [0.1, 0.15) is 28.2 Å². The zero-order valence-corrected chi connectivity index (χ0v) is 22.9. The van der Waals surface area contributed by atoms with E-state index in [1.807, 2.05) is 30.3 Å². The smallest absolute Gasteiger partial charge is 0.439 e. The monoisotopic (exact) mass is 602 g/mol. The first-order valence-corrected chi connectivity index (χ1v) is 13.6. The summed E-state index contributed by atoms with van der Waals surface area (Å²) in [6, 6.07) is 17.0. The standard InChI is InChI=1S/C28H22ClF3N4O4S/c29-21-13-19(9-10-20(21)25-35-27(37)40-36-25)39-16-23-22(7-4-12-38-15-17-5-2-1-3-6-17)34-26(41-23)18-8-11-24(33-14-18)28(30,31)32/h1-3,5-6,8-11,13-14H,4,7,12,15-16H2,(H,35,36,37). The van der Waals surface area contributed by atoms with Crippen LogP contribution in [0.4, 0.5) is 13.2 Å². The Kier molecular flexibility index (Phi) is 8.81. The molecule has 0 amide bonds. The van der Waals surface area contributed by atoms with Gasteiger partial charge in [-0.25, -0.2) is 9.78 Å². The summed E-state index contributed by atoms with van der Waals surface area (Å²) in [5.74, 6) is -0.0351. The van der Waals surface area contributed by atoms with Gasteiger partial charge in [0.1, 0.15) is 23.1 Å². The molecule has 0 aliphatic rings. The van der Waals surface area contributed by atoms with E-state index in [4.69, 9.17) is 26.1 Å². The Bertz CT molecular complexity index is 1650. The number of alkyl halides is 3. The van der Waals surface area contributed by atoms with E-state index in [-0.39, 0.29) is 12.4 Å². The summed E-state index contributed by atoms with van der Waals surface area (Å²) in [4.78, 5) is 22.8. The molecule has 0 bridgehead atoms. The molecule has 3 heterocycles. The second kappa shape index (κ2) is 12.7. The van der Waals surface area contributed by atoms with Gasteiger partial charge in [-0.3, -0.25) is 14.5 Å². The van der Waals surface area contributed by atoms with Gasteiger partial charge >= 0.3 is 11.9 Å². The van der Waals surface area contributed by atoms with E-state index in [9.17, 15) is 18.0 Å². The molecule has 0 saturated carbocycles. The van der Waals surface area contributed by atoms with Gasteiger partial charge in [0.2, 0.25) is 0 Å². The Morgan fingerprint density at radius 2 is 1.88 bits per heavy atom. The van der Waals surface area contributed by atoms with Crippen LogP contribution in [-0.4, -0.2) is 26.7 Å². The highest BCUT2D eigenvalue weighted by Gasteiger charge is 2.32. The number of nitrogens with zero attached hydrogens (tertiary/aromatic N) is 3. The highest BCUT2D eigenvalue weighted by molar-refractivity contribution is 7.15. The molecule has 0 spiro atoms. The zero-order valence-electron chi connectivity index (χ0n) is 21.3. The Labute approximate surface area is 240 Å².